The van der Waals surface area contributed by atoms with Gasteiger partial charge < -0.3 is 5.32 Å². The molecule has 0 radical (unpaired) electrons. The third kappa shape index (κ3) is 4.59. The normalized spacial score (nSPS) is 13.6. The number of carbonyl (C=O) groups excluding carboxylic acids is 1. The molecule has 1 aliphatic heterocycles. The minimum atomic E-state index is -0.238. The minimum Gasteiger partial charge on any atom is -0.325 e. The Morgan fingerprint density at radius 1 is 1.10 bits per heavy atom. The van der Waals surface area contributed by atoms with Crippen LogP contribution in [0.3, 0.4) is 0 Å². The van der Waals surface area contributed by atoms with Crippen LogP contribution in [-0.4, -0.2) is 33.4 Å². The molecule has 4 rings (SSSR count). The molecule has 2 heterocycles. The van der Waals surface area contributed by atoms with Gasteiger partial charge in [0.05, 0.1) is 11.3 Å². The van der Waals surface area contributed by atoms with Gasteiger partial charge in [0.15, 0.2) is 0 Å². The lowest BCUT2D eigenvalue weighted by Gasteiger charge is -2.27. The van der Waals surface area contributed by atoms with Crippen LogP contribution in [0.1, 0.15) is 30.7 Å². The van der Waals surface area contributed by atoms with Gasteiger partial charge >= 0.3 is 0 Å². The lowest BCUT2D eigenvalue weighted by Crippen LogP contribution is -2.39. The second-order valence-electron chi connectivity index (χ2n) is 7.84. The van der Waals surface area contributed by atoms with E-state index in [9.17, 15) is 9.59 Å². The number of hydrogen-bond donors (Lipinski definition) is 1. The molecule has 0 unspecified atom stereocenters. The lowest BCUT2D eigenvalue weighted by atomic mass is 10.1. The number of rotatable bonds is 6. The molecule has 0 fully saturated rings. The molecular formula is C25H28N4O2. The maximum absolute atomic E-state index is 13.5. The number of hydrogen-bond acceptors (Lipinski definition) is 4. The summed E-state index contributed by atoms with van der Waals surface area (Å²) in [6.45, 7) is 6.44. The topological polar surface area (TPSA) is 67.2 Å². The molecule has 0 saturated carbocycles. The smallest absolute Gasteiger partial charge is 0.259 e. The Bertz CT molecular complexity index is 1140. The van der Waals surface area contributed by atoms with Gasteiger partial charge in [0, 0.05) is 30.8 Å². The molecule has 1 aliphatic rings. The second kappa shape index (κ2) is 9.27. The highest BCUT2D eigenvalue weighted by Crippen LogP contribution is 2.21. The summed E-state index contributed by atoms with van der Waals surface area (Å²) in [7, 11) is 0. The molecule has 31 heavy (non-hydrogen) atoms. The van der Waals surface area contributed by atoms with E-state index in [-0.39, 0.29) is 18.0 Å². The fourth-order valence-electron chi connectivity index (χ4n) is 4.01. The number of amides is 1. The van der Waals surface area contributed by atoms with E-state index in [1.165, 1.54) is 4.57 Å². The molecule has 0 saturated heterocycles. The summed E-state index contributed by atoms with van der Waals surface area (Å²) in [5, 5.41) is 2.93. The van der Waals surface area contributed by atoms with Crippen LogP contribution < -0.4 is 10.9 Å². The summed E-state index contributed by atoms with van der Waals surface area (Å²) in [5.74, 6) is 0.309. The first-order valence-electron chi connectivity index (χ1n) is 10.9. The van der Waals surface area contributed by atoms with E-state index in [0.29, 0.717) is 17.9 Å². The third-order valence-corrected chi connectivity index (χ3v) is 5.79. The van der Waals surface area contributed by atoms with Crippen molar-refractivity contribution in [3.63, 3.8) is 0 Å². The van der Waals surface area contributed by atoms with E-state index in [4.69, 9.17) is 4.98 Å². The van der Waals surface area contributed by atoms with Crippen LogP contribution in [-0.2, 0) is 30.7 Å². The minimum absolute atomic E-state index is 0.0776. The fraction of sp³-hybridized carbons (Fsp3) is 0.320. The summed E-state index contributed by atoms with van der Waals surface area (Å²) < 4.78 is 1.52. The monoisotopic (exact) mass is 416 g/mol. The summed E-state index contributed by atoms with van der Waals surface area (Å²) >= 11 is 0. The zero-order valence-electron chi connectivity index (χ0n) is 18.1. The van der Waals surface area contributed by atoms with Crippen molar-refractivity contribution in [2.75, 3.05) is 18.4 Å². The Labute approximate surface area is 182 Å². The van der Waals surface area contributed by atoms with Crippen molar-refractivity contribution in [3.8, 4) is 11.4 Å². The number of likely N-dealkylation sites (N-methyl/N-ethyl adjacent to an activating group) is 1. The van der Waals surface area contributed by atoms with E-state index in [1.807, 2.05) is 54.6 Å². The molecule has 160 valence electrons. The number of fused-ring (bicyclic) bond motifs is 1. The van der Waals surface area contributed by atoms with Gasteiger partial charge in [-0.05, 0) is 30.7 Å². The molecule has 0 atom stereocenters. The Balaban J connectivity index is 1.71. The number of nitrogens with one attached hydrogen (secondary N) is 1. The predicted octanol–water partition coefficient (Wildman–Crippen LogP) is 3.49. The molecule has 6 nitrogen and oxygen atoms in total. The third-order valence-electron chi connectivity index (χ3n) is 5.79. The Hall–Kier alpha value is -3.25. The van der Waals surface area contributed by atoms with Crippen LogP contribution in [0.5, 0.6) is 0 Å². The first-order valence-corrected chi connectivity index (χ1v) is 10.9. The van der Waals surface area contributed by atoms with Crippen molar-refractivity contribution in [1.29, 1.82) is 0 Å². The summed E-state index contributed by atoms with van der Waals surface area (Å²) in [5.41, 5.74) is 4.15. The van der Waals surface area contributed by atoms with Gasteiger partial charge in [0.1, 0.15) is 12.4 Å². The van der Waals surface area contributed by atoms with Crippen molar-refractivity contribution >= 4 is 11.6 Å². The van der Waals surface area contributed by atoms with Crippen molar-refractivity contribution in [2.24, 2.45) is 0 Å². The van der Waals surface area contributed by atoms with Crippen molar-refractivity contribution in [2.45, 2.75) is 39.8 Å². The highest BCUT2D eigenvalue weighted by atomic mass is 16.2. The molecule has 0 aliphatic carbocycles. The average molecular weight is 417 g/mol. The first-order chi connectivity index (χ1) is 15.1. The van der Waals surface area contributed by atoms with Crippen molar-refractivity contribution in [1.82, 2.24) is 14.5 Å². The standard InChI is InChI=1S/C25H28N4O2/c1-3-18-9-8-12-20(15-18)26-23(30)17-29-24(19-10-6-5-7-11-19)27-22-13-14-28(4-2)16-21(22)25(29)31/h5-12,15H,3-4,13-14,16-17H2,1-2H3,(H,26,30). The molecule has 2 aromatic carbocycles. The molecule has 1 aromatic heterocycles. The van der Waals surface area contributed by atoms with Crippen LogP contribution in [0.4, 0.5) is 5.69 Å². The van der Waals surface area contributed by atoms with E-state index in [1.54, 1.807) is 0 Å². The maximum atomic E-state index is 13.5. The molecule has 0 spiro atoms. The van der Waals surface area contributed by atoms with Crippen molar-refractivity contribution in [3.05, 3.63) is 81.8 Å². The number of aromatic nitrogens is 2. The summed E-state index contributed by atoms with van der Waals surface area (Å²) in [6.07, 6.45) is 1.64. The van der Waals surface area contributed by atoms with Gasteiger partial charge in [-0.25, -0.2) is 4.98 Å². The van der Waals surface area contributed by atoms with E-state index in [2.05, 4.69) is 24.1 Å². The predicted molar refractivity (Wildman–Crippen MR) is 123 cm³/mol. The summed E-state index contributed by atoms with van der Waals surface area (Å²) in [4.78, 5) is 33.5. The maximum Gasteiger partial charge on any atom is 0.259 e. The summed E-state index contributed by atoms with van der Waals surface area (Å²) in [6, 6.07) is 17.4. The quantitative estimate of drug-likeness (QED) is 0.668. The Morgan fingerprint density at radius 2 is 1.90 bits per heavy atom. The molecule has 6 heteroatoms. The van der Waals surface area contributed by atoms with Gasteiger partial charge in [-0.1, -0.05) is 56.3 Å². The molecule has 0 bridgehead atoms. The molecule has 3 aromatic rings. The zero-order valence-corrected chi connectivity index (χ0v) is 18.1. The van der Waals surface area contributed by atoms with Gasteiger partial charge in [0.25, 0.3) is 5.56 Å². The largest absolute Gasteiger partial charge is 0.325 e. The Morgan fingerprint density at radius 3 is 2.65 bits per heavy atom. The van der Waals surface area contributed by atoms with Crippen LogP contribution >= 0.6 is 0 Å². The van der Waals surface area contributed by atoms with Gasteiger partial charge in [-0.2, -0.15) is 0 Å². The number of anilines is 1. The second-order valence-corrected chi connectivity index (χ2v) is 7.84. The molecule has 1 amide bonds. The Kier molecular flexibility index (Phi) is 6.28. The van der Waals surface area contributed by atoms with Crippen LogP contribution in [0, 0.1) is 0 Å². The van der Waals surface area contributed by atoms with Gasteiger partial charge in [-0.3, -0.25) is 19.1 Å². The highest BCUT2D eigenvalue weighted by Gasteiger charge is 2.24. The fourth-order valence-corrected chi connectivity index (χ4v) is 4.01. The van der Waals surface area contributed by atoms with Crippen LogP contribution in [0.15, 0.2) is 59.4 Å². The van der Waals surface area contributed by atoms with E-state index >= 15 is 0 Å². The van der Waals surface area contributed by atoms with E-state index in [0.717, 1.165) is 48.4 Å². The SMILES string of the molecule is CCc1cccc(NC(=O)Cn2c(-c3ccccc3)nc3c(c2=O)CN(CC)CC3)c1. The number of aryl methyl sites for hydroxylation is 1. The number of carbonyl (C=O) groups is 1. The first kappa shape index (κ1) is 21.0. The average Bonchev–Trinajstić information content (AvgIpc) is 2.81. The molecule has 1 N–H and O–H groups in total. The number of benzene rings is 2. The highest BCUT2D eigenvalue weighted by molar-refractivity contribution is 5.90. The number of nitrogens with zero attached hydrogens (tertiary/aromatic N) is 3. The zero-order chi connectivity index (χ0) is 21.8. The van der Waals surface area contributed by atoms with Crippen molar-refractivity contribution < 1.29 is 4.79 Å². The van der Waals surface area contributed by atoms with E-state index < -0.39 is 0 Å². The van der Waals surface area contributed by atoms with Gasteiger partial charge in [0.2, 0.25) is 5.91 Å². The lowest BCUT2D eigenvalue weighted by molar-refractivity contribution is -0.116. The van der Waals surface area contributed by atoms with Crippen LogP contribution in [0.2, 0.25) is 0 Å². The van der Waals surface area contributed by atoms with Crippen LogP contribution in [0.25, 0.3) is 11.4 Å². The molecular weight excluding hydrogens is 388 g/mol. The van der Waals surface area contributed by atoms with Gasteiger partial charge in [-0.15, -0.1) is 0 Å².